The van der Waals surface area contributed by atoms with Crippen molar-refractivity contribution in [2.75, 3.05) is 13.2 Å². The van der Waals surface area contributed by atoms with E-state index in [2.05, 4.69) is 16.1 Å². The maximum Gasteiger partial charge on any atom is 0.461 e. The Kier molecular flexibility index (Phi) is 10.1. The fraction of sp³-hybridized carbons (Fsp3) is 0.615. The van der Waals surface area contributed by atoms with Gasteiger partial charge in [-0.1, -0.05) is 6.08 Å². The standard InChI is InChI=1S/C8H11F3O3.C5H5F3O3/c1-3-5-7(13,8(9,10)11)6(12)14-4-2;1-2-11-4(10)3(9)5(6,7)8/h3,13H,1,4-5H2,2H3;2H2,1H3. The number of hydrogen-bond donors (Lipinski definition) is 1. The molecule has 0 saturated carbocycles. The molecule has 0 spiro atoms. The van der Waals surface area contributed by atoms with Crippen molar-refractivity contribution < 1.29 is 55.3 Å². The summed E-state index contributed by atoms with van der Waals surface area (Å²) in [7, 11) is 0. The number of carbonyl (C=O) groups excluding carboxylic acids is 3. The Labute approximate surface area is 138 Å². The quantitative estimate of drug-likeness (QED) is 0.328. The van der Waals surface area contributed by atoms with E-state index in [0.717, 1.165) is 6.08 Å². The molecule has 1 atom stereocenters. The molecule has 146 valence electrons. The van der Waals surface area contributed by atoms with Crippen LogP contribution in [-0.4, -0.2) is 54.0 Å². The molecule has 0 aliphatic rings. The second-order valence-electron chi connectivity index (χ2n) is 4.12. The zero-order chi connectivity index (χ0) is 20.5. The van der Waals surface area contributed by atoms with Gasteiger partial charge in [-0.15, -0.1) is 6.58 Å². The van der Waals surface area contributed by atoms with Crippen LogP contribution in [0, 0.1) is 0 Å². The lowest BCUT2D eigenvalue weighted by Crippen LogP contribution is -2.52. The first-order chi connectivity index (χ1) is 11.2. The van der Waals surface area contributed by atoms with Crippen LogP contribution in [0.1, 0.15) is 20.3 Å². The summed E-state index contributed by atoms with van der Waals surface area (Å²) in [6.07, 6.45) is -10.3. The van der Waals surface area contributed by atoms with E-state index in [1.807, 2.05) is 0 Å². The molecule has 1 N–H and O–H groups in total. The number of ether oxygens (including phenoxy) is 2. The molecule has 0 amide bonds. The molecule has 0 aromatic heterocycles. The van der Waals surface area contributed by atoms with Crippen LogP contribution in [0.15, 0.2) is 12.7 Å². The number of Topliss-reactive ketones (excluding diaryl/α,β-unsaturated/α-hetero) is 1. The summed E-state index contributed by atoms with van der Waals surface area (Å²) >= 11 is 0. The predicted octanol–water partition coefficient (Wildman–Crippen LogP) is 2.10. The minimum absolute atomic E-state index is 0.228. The average Bonchev–Trinajstić information content (AvgIpc) is 2.45. The van der Waals surface area contributed by atoms with Crippen molar-refractivity contribution in [1.82, 2.24) is 0 Å². The number of aliphatic hydroxyl groups is 1. The third kappa shape index (κ3) is 8.01. The van der Waals surface area contributed by atoms with Crippen molar-refractivity contribution in [2.24, 2.45) is 0 Å². The molecule has 0 bridgehead atoms. The Morgan fingerprint density at radius 2 is 1.44 bits per heavy atom. The molecule has 6 nitrogen and oxygen atoms in total. The van der Waals surface area contributed by atoms with Gasteiger partial charge in [-0.2, -0.15) is 26.3 Å². The number of rotatable bonds is 6. The van der Waals surface area contributed by atoms with Crippen LogP contribution in [0.3, 0.4) is 0 Å². The summed E-state index contributed by atoms with van der Waals surface area (Å²) in [5.41, 5.74) is -3.48. The molecule has 0 rings (SSSR count). The molecule has 25 heavy (non-hydrogen) atoms. The Morgan fingerprint density at radius 3 is 1.72 bits per heavy atom. The normalized spacial score (nSPS) is 13.6. The smallest absolute Gasteiger partial charge is 0.461 e. The number of hydrogen-bond acceptors (Lipinski definition) is 6. The van der Waals surface area contributed by atoms with Crippen molar-refractivity contribution in [3.05, 3.63) is 12.7 Å². The summed E-state index contributed by atoms with van der Waals surface area (Å²) in [5.74, 6) is -6.04. The number of esters is 2. The summed E-state index contributed by atoms with van der Waals surface area (Å²) in [5, 5.41) is 9.08. The summed E-state index contributed by atoms with van der Waals surface area (Å²) in [6, 6.07) is 0. The highest BCUT2D eigenvalue weighted by Crippen LogP contribution is 2.34. The lowest BCUT2D eigenvalue weighted by Gasteiger charge is -2.26. The van der Waals surface area contributed by atoms with Gasteiger partial charge in [-0.05, 0) is 13.8 Å². The van der Waals surface area contributed by atoms with Gasteiger partial charge in [-0.25, -0.2) is 9.59 Å². The first-order valence-electron chi connectivity index (χ1n) is 6.54. The van der Waals surface area contributed by atoms with Crippen LogP contribution in [-0.2, 0) is 23.9 Å². The Bertz CT molecular complexity index is 484. The van der Waals surface area contributed by atoms with Gasteiger partial charge in [-0.3, -0.25) is 4.79 Å². The SMILES string of the molecule is C=CCC(O)(C(=O)OCC)C(F)(F)F.CCOC(=O)C(=O)C(F)(F)F. The Hall–Kier alpha value is -2.11. The van der Waals surface area contributed by atoms with Gasteiger partial charge in [0, 0.05) is 6.42 Å². The van der Waals surface area contributed by atoms with Crippen molar-refractivity contribution in [3.8, 4) is 0 Å². The molecule has 0 aromatic carbocycles. The molecule has 0 radical (unpaired) electrons. The minimum Gasteiger partial charge on any atom is -0.464 e. The number of halogens is 6. The van der Waals surface area contributed by atoms with E-state index < -0.39 is 42.1 Å². The lowest BCUT2D eigenvalue weighted by molar-refractivity contribution is -0.261. The highest BCUT2D eigenvalue weighted by Gasteiger charge is 2.59. The highest BCUT2D eigenvalue weighted by atomic mass is 19.4. The maximum absolute atomic E-state index is 12.3. The van der Waals surface area contributed by atoms with Crippen molar-refractivity contribution in [2.45, 2.75) is 38.2 Å². The largest absolute Gasteiger partial charge is 0.464 e. The second kappa shape index (κ2) is 10.0. The molecule has 0 fully saturated rings. The van der Waals surface area contributed by atoms with Crippen LogP contribution in [0.4, 0.5) is 26.3 Å². The average molecular weight is 382 g/mol. The number of ketones is 1. The van der Waals surface area contributed by atoms with Crippen LogP contribution in [0.25, 0.3) is 0 Å². The fourth-order valence-corrected chi connectivity index (χ4v) is 1.09. The predicted molar refractivity (Wildman–Crippen MR) is 70.1 cm³/mol. The highest BCUT2D eigenvalue weighted by molar-refractivity contribution is 6.35. The van der Waals surface area contributed by atoms with E-state index in [0.29, 0.717) is 0 Å². The summed E-state index contributed by atoms with van der Waals surface area (Å²) in [4.78, 5) is 30.9. The molecular weight excluding hydrogens is 366 g/mol. The van der Waals surface area contributed by atoms with Gasteiger partial charge in [0.25, 0.3) is 5.60 Å². The van der Waals surface area contributed by atoms with Gasteiger partial charge in [0.1, 0.15) is 0 Å². The van der Waals surface area contributed by atoms with E-state index >= 15 is 0 Å². The van der Waals surface area contributed by atoms with Crippen LogP contribution in [0.2, 0.25) is 0 Å². The molecule has 0 aliphatic carbocycles. The third-order valence-electron chi connectivity index (χ3n) is 2.24. The molecule has 12 heteroatoms. The van der Waals surface area contributed by atoms with Crippen molar-refractivity contribution in [1.29, 1.82) is 0 Å². The second-order valence-corrected chi connectivity index (χ2v) is 4.12. The summed E-state index contributed by atoms with van der Waals surface area (Å²) < 4.78 is 78.9. The molecule has 1 unspecified atom stereocenters. The number of carbonyl (C=O) groups is 3. The van der Waals surface area contributed by atoms with Gasteiger partial charge in [0.2, 0.25) is 0 Å². The van der Waals surface area contributed by atoms with Crippen LogP contribution >= 0.6 is 0 Å². The van der Waals surface area contributed by atoms with Gasteiger partial charge in [0.05, 0.1) is 13.2 Å². The van der Waals surface area contributed by atoms with E-state index in [9.17, 15) is 40.7 Å². The van der Waals surface area contributed by atoms with E-state index in [1.165, 1.54) is 13.8 Å². The zero-order valence-corrected chi connectivity index (χ0v) is 13.2. The molecular formula is C13H16F6O6. The van der Waals surface area contributed by atoms with Crippen molar-refractivity contribution in [3.63, 3.8) is 0 Å². The zero-order valence-electron chi connectivity index (χ0n) is 13.2. The Balaban J connectivity index is 0. The monoisotopic (exact) mass is 382 g/mol. The topological polar surface area (TPSA) is 89.9 Å². The van der Waals surface area contributed by atoms with E-state index in [-0.39, 0.29) is 13.2 Å². The van der Waals surface area contributed by atoms with E-state index in [1.54, 1.807) is 0 Å². The summed E-state index contributed by atoms with van der Waals surface area (Å²) in [6.45, 7) is 5.21. The first kappa shape index (κ1) is 25.1. The lowest BCUT2D eigenvalue weighted by atomic mass is 9.99. The Morgan fingerprint density at radius 1 is 1.00 bits per heavy atom. The van der Waals surface area contributed by atoms with Crippen LogP contribution < -0.4 is 0 Å². The van der Waals surface area contributed by atoms with Gasteiger partial charge in [0.15, 0.2) is 0 Å². The molecule has 0 aliphatic heterocycles. The van der Waals surface area contributed by atoms with E-state index in [4.69, 9.17) is 5.11 Å². The van der Waals surface area contributed by atoms with Crippen molar-refractivity contribution >= 4 is 17.7 Å². The maximum atomic E-state index is 12.3. The molecule has 0 aromatic rings. The molecule has 0 heterocycles. The van der Waals surface area contributed by atoms with Gasteiger partial charge < -0.3 is 14.6 Å². The first-order valence-corrected chi connectivity index (χ1v) is 6.54. The third-order valence-corrected chi connectivity index (χ3v) is 2.24. The molecule has 0 saturated heterocycles. The minimum atomic E-state index is -5.13. The van der Waals surface area contributed by atoms with Crippen LogP contribution in [0.5, 0.6) is 0 Å². The fourth-order valence-electron chi connectivity index (χ4n) is 1.09. The van der Waals surface area contributed by atoms with Gasteiger partial charge >= 0.3 is 30.1 Å². The number of alkyl halides is 6.